The van der Waals surface area contributed by atoms with E-state index >= 15 is 0 Å². The molecule has 0 saturated carbocycles. The molecule has 1 rings (SSSR count). The minimum atomic E-state index is -2.80. The van der Waals surface area contributed by atoms with Crippen molar-refractivity contribution in [2.45, 2.75) is 12.8 Å². The van der Waals surface area contributed by atoms with Gasteiger partial charge in [0.2, 0.25) is 0 Å². The van der Waals surface area contributed by atoms with E-state index in [2.05, 4.69) is 20.9 Å². The summed E-state index contributed by atoms with van der Waals surface area (Å²) in [5.74, 6) is -1.16. The van der Waals surface area contributed by atoms with Crippen molar-refractivity contribution < 1.29 is 18.7 Å². The lowest BCUT2D eigenvalue weighted by Gasteiger charge is -2.06. The lowest BCUT2D eigenvalue weighted by molar-refractivity contribution is -0.136. The molecular weight excluding hydrogens is 286 g/mol. The van der Waals surface area contributed by atoms with Crippen LogP contribution in [0.15, 0.2) is 10.5 Å². The van der Waals surface area contributed by atoms with Crippen LogP contribution in [0.4, 0.5) is 8.78 Å². The molecular formula is C9H5BrF2N2O2. The van der Waals surface area contributed by atoms with Crippen LogP contribution >= 0.6 is 15.9 Å². The second-order valence-corrected chi connectivity index (χ2v) is 3.69. The van der Waals surface area contributed by atoms with Gasteiger partial charge in [-0.05, 0) is 6.07 Å². The van der Waals surface area contributed by atoms with Crippen molar-refractivity contribution in [1.29, 1.82) is 5.26 Å². The molecule has 7 heteroatoms. The van der Waals surface area contributed by atoms with E-state index in [0.717, 1.165) is 6.07 Å². The predicted octanol–water partition coefficient (Wildman–Crippen LogP) is 2.28. The van der Waals surface area contributed by atoms with Gasteiger partial charge in [-0.15, -0.1) is 0 Å². The molecule has 0 aromatic carbocycles. The van der Waals surface area contributed by atoms with Gasteiger partial charge in [0, 0.05) is 10.0 Å². The van der Waals surface area contributed by atoms with E-state index in [9.17, 15) is 13.6 Å². The molecule has 1 heterocycles. The van der Waals surface area contributed by atoms with E-state index in [1.165, 1.54) is 0 Å². The fraction of sp³-hybridized carbons (Fsp3) is 0.222. The highest BCUT2D eigenvalue weighted by molar-refractivity contribution is 9.10. The van der Waals surface area contributed by atoms with Crippen LogP contribution in [-0.4, -0.2) is 16.1 Å². The summed E-state index contributed by atoms with van der Waals surface area (Å²) in [6, 6.07) is 2.62. The van der Waals surface area contributed by atoms with Crippen LogP contribution in [0.3, 0.4) is 0 Å². The summed E-state index contributed by atoms with van der Waals surface area (Å²) in [4.78, 5) is 13.9. The van der Waals surface area contributed by atoms with Gasteiger partial charge < -0.3 is 5.11 Å². The van der Waals surface area contributed by atoms with Crippen LogP contribution in [0.1, 0.15) is 23.4 Å². The maximum absolute atomic E-state index is 12.3. The zero-order valence-electron chi connectivity index (χ0n) is 7.75. The van der Waals surface area contributed by atoms with E-state index in [4.69, 9.17) is 10.4 Å². The van der Waals surface area contributed by atoms with Crippen molar-refractivity contribution in [3.8, 4) is 6.07 Å². The summed E-state index contributed by atoms with van der Waals surface area (Å²) in [5, 5.41) is 17.3. The molecule has 1 aromatic rings. The van der Waals surface area contributed by atoms with E-state index in [1.54, 1.807) is 6.07 Å². The normalized spacial score (nSPS) is 10.2. The Bertz CT molecular complexity index is 471. The van der Waals surface area contributed by atoms with Gasteiger partial charge in [0.15, 0.2) is 0 Å². The van der Waals surface area contributed by atoms with Crippen LogP contribution in [0.25, 0.3) is 0 Å². The van der Waals surface area contributed by atoms with Crippen LogP contribution in [0.5, 0.6) is 0 Å². The van der Waals surface area contributed by atoms with E-state index < -0.39 is 24.5 Å². The third-order valence-electron chi connectivity index (χ3n) is 1.75. The highest BCUT2D eigenvalue weighted by Gasteiger charge is 2.17. The third kappa shape index (κ3) is 2.73. The number of pyridine rings is 1. The second kappa shape index (κ2) is 4.99. The molecule has 0 aliphatic heterocycles. The molecule has 1 N–H and O–H groups in total. The first-order valence-electron chi connectivity index (χ1n) is 4.05. The van der Waals surface area contributed by atoms with Crippen molar-refractivity contribution in [3.63, 3.8) is 0 Å². The van der Waals surface area contributed by atoms with Crippen molar-refractivity contribution >= 4 is 21.9 Å². The van der Waals surface area contributed by atoms with Gasteiger partial charge in [-0.1, -0.05) is 15.9 Å². The van der Waals surface area contributed by atoms with E-state index in [1.807, 2.05) is 0 Å². The van der Waals surface area contributed by atoms with Crippen molar-refractivity contribution in [3.05, 3.63) is 27.5 Å². The number of carboxylic acids is 1. The minimum absolute atomic E-state index is 0.0967. The first kappa shape index (κ1) is 12.5. The number of aliphatic carboxylic acids is 1. The van der Waals surface area contributed by atoms with Crippen LogP contribution in [-0.2, 0) is 11.2 Å². The Morgan fingerprint density at radius 2 is 2.31 bits per heavy atom. The molecule has 0 amide bonds. The van der Waals surface area contributed by atoms with Gasteiger partial charge in [-0.25, -0.2) is 13.8 Å². The van der Waals surface area contributed by atoms with Gasteiger partial charge in [-0.2, -0.15) is 5.26 Å². The number of nitrogens with zero attached hydrogens (tertiary/aromatic N) is 2. The largest absolute Gasteiger partial charge is 0.481 e. The Morgan fingerprint density at radius 1 is 1.69 bits per heavy atom. The molecule has 1 aromatic heterocycles. The molecule has 0 aliphatic rings. The molecule has 0 atom stereocenters. The summed E-state index contributed by atoms with van der Waals surface area (Å²) in [7, 11) is 0. The van der Waals surface area contributed by atoms with Crippen molar-refractivity contribution in [2.75, 3.05) is 0 Å². The van der Waals surface area contributed by atoms with Gasteiger partial charge in [0.1, 0.15) is 17.5 Å². The fourth-order valence-corrected chi connectivity index (χ4v) is 1.65. The van der Waals surface area contributed by atoms with Crippen LogP contribution in [0.2, 0.25) is 0 Å². The number of aromatic nitrogens is 1. The number of hydrogen-bond donors (Lipinski definition) is 1. The molecule has 0 bridgehead atoms. The maximum Gasteiger partial charge on any atom is 0.307 e. The molecule has 0 spiro atoms. The molecule has 84 valence electrons. The van der Waals surface area contributed by atoms with Gasteiger partial charge in [0.25, 0.3) is 6.43 Å². The van der Waals surface area contributed by atoms with Gasteiger partial charge in [-0.3, -0.25) is 4.79 Å². The Labute approximate surface area is 97.7 Å². The molecule has 0 aliphatic carbocycles. The fourth-order valence-electron chi connectivity index (χ4n) is 1.08. The van der Waals surface area contributed by atoms with E-state index in [-0.39, 0.29) is 15.7 Å². The lowest BCUT2D eigenvalue weighted by Crippen LogP contribution is -2.06. The van der Waals surface area contributed by atoms with Gasteiger partial charge >= 0.3 is 5.97 Å². The number of carbonyl (C=O) groups is 1. The standard InChI is InChI=1S/C9H5BrF2N2O2/c10-5-2-6(9(11)12)14-7(3-13)4(5)1-8(15)16/h2,9H,1H2,(H,15,16). The molecule has 16 heavy (non-hydrogen) atoms. The van der Waals surface area contributed by atoms with Gasteiger partial charge in [0.05, 0.1) is 6.42 Å². The summed E-state index contributed by atoms with van der Waals surface area (Å²) in [5.41, 5.74) is -0.760. The zero-order valence-corrected chi connectivity index (χ0v) is 9.33. The number of hydrogen-bond acceptors (Lipinski definition) is 3. The summed E-state index contributed by atoms with van der Waals surface area (Å²) >= 11 is 2.95. The highest BCUT2D eigenvalue weighted by Crippen LogP contribution is 2.26. The lowest BCUT2D eigenvalue weighted by atomic mass is 10.1. The maximum atomic E-state index is 12.3. The first-order valence-corrected chi connectivity index (χ1v) is 4.84. The monoisotopic (exact) mass is 290 g/mol. The van der Waals surface area contributed by atoms with Crippen LogP contribution in [0, 0.1) is 11.3 Å². The number of alkyl halides is 2. The highest BCUT2D eigenvalue weighted by atomic mass is 79.9. The summed E-state index contributed by atoms with van der Waals surface area (Å²) in [6.45, 7) is 0. The molecule has 4 nitrogen and oxygen atoms in total. The quantitative estimate of drug-likeness (QED) is 0.927. The second-order valence-electron chi connectivity index (χ2n) is 2.84. The van der Waals surface area contributed by atoms with Crippen molar-refractivity contribution in [2.24, 2.45) is 0 Å². The smallest absolute Gasteiger partial charge is 0.307 e. The average Bonchev–Trinajstić information content (AvgIpc) is 2.19. The Balaban J connectivity index is 3.30. The molecule has 0 radical (unpaired) electrons. The van der Waals surface area contributed by atoms with E-state index in [0.29, 0.717) is 0 Å². The SMILES string of the molecule is N#Cc1nc(C(F)F)cc(Br)c1CC(=O)O. The van der Waals surface area contributed by atoms with Crippen molar-refractivity contribution in [1.82, 2.24) is 4.98 Å². The first-order chi connectivity index (χ1) is 7.45. The molecule has 0 saturated heterocycles. The Morgan fingerprint density at radius 3 is 2.75 bits per heavy atom. The number of carboxylic acid groups (broad SMARTS) is 1. The molecule has 0 unspecified atom stereocenters. The Kier molecular flexibility index (Phi) is 3.90. The average molecular weight is 291 g/mol. The zero-order chi connectivity index (χ0) is 12.3. The third-order valence-corrected chi connectivity index (χ3v) is 2.45. The number of nitriles is 1. The number of halogens is 3. The van der Waals surface area contributed by atoms with Crippen LogP contribution < -0.4 is 0 Å². The topological polar surface area (TPSA) is 74.0 Å². The Hall–Kier alpha value is -1.55. The minimum Gasteiger partial charge on any atom is -0.481 e. The number of rotatable bonds is 3. The summed E-state index contributed by atoms with van der Waals surface area (Å²) in [6.07, 6.45) is -3.25. The summed E-state index contributed by atoms with van der Waals surface area (Å²) < 4.78 is 24.8. The molecule has 0 fully saturated rings. The predicted molar refractivity (Wildman–Crippen MR) is 52.9 cm³/mol.